The van der Waals surface area contributed by atoms with E-state index in [1.165, 1.54) is 35.1 Å². The van der Waals surface area contributed by atoms with Gasteiger partial charge in [0.15, 0.2) is 11.5 Å². The van der Waals surface area contributed by atoms with Crippen molar-refractivity contribution in [3.05, 3.63) is 77.1 Å². The first kappa shape index (κ1) is 19.1. The quantitative estimate of drug-likeness (QED) is 0.581. The van der Waals surface area contributed by atoms with Gasteiger partial charge in [0, 0.05) is 24.0 Å². The molecule has 1 saturated heterocycles. The SMILES string of the molecule is Cc1cc(-c2ccc(CN3CCC[C@@H]3c3ccc4c(c3)OCCO4)cc2)cc(C)n1. The number of ether oxygens (including phenoxy) is 2. The number of rotatable bonds is 4. The topological polar surface area (TPSA) is 34.6 Å². The van der Waals surface area contributed by atoms with E-state index >= 15 is 0 Å². The molecule has 3 heterocycles. The van der Waals surface area contributed by atoms with Crippen LogP contribution in [0.3, 0.4) is 0 Å². The highest BCUT2D eigenvalue weighted by molar-refractivity contribution is 5.64. The number of benzene rings is 2. The van der Waals surface area contributed by atoms with Crippen molar-refractivity contribution in [2.75, 3.05) is 19.8 Å². The standard InChI is InChI=1S/C26H28N2O2/c1-18-14-23(15-19(2)27-18)21-7-5-20(6-8-21)17-28-11-3-4-24(28)22-9-10-25-26(16-22)30-13-12-29-25/h5-10,14-16,24H,3-4,11-13,17H2,1-2H3/t24-/m1/s1. The van der Waals surface area contributed by atoms with E-state index in [4.69, 9.17) is 9.47 Å². The third kappa shape index (κ3) is 3.92. The maximum absolute atomic E-state index is 5.80. The monoisotopic (exact) mass is 400 g/mol. The lowest BCUT2D eigenvalue weighted by Crippen LogP contribution is -2.23. The fourth-order valence-electron chi connectivity index (χ4n) is 4.70. The molecule has 0 bridgehead atoms. The molecule has 4 heteroatoms. The Morgan fingerprint density at radius 1 is 0.867 bits per heavy atom. The summed E-state index contributed by atoms with van der Waals surface area (Å²) in [5.74, 6) is 1.75. The van der Waals surface area contributed by atoms with Crippen LogP contribution in [0.2, 0.25) is 0 Å². The van der Waals surface area contributed by atoms with Gasteiger partial charge in [0.25, 0.3) is 0 Å². The summed E-state index contributed by atoms with van der Waals surface area (Å²) in [6.07, 6.45) is 2.42. The van der Waals surface area contributed by atoms with E-state index in [-0.39, 0.29) is 0 Å². The van der Waals surface area contributed by atoms with Gasteiger partial charge in [0.1, 0.15) is 13.2 Å². The summed E-state index contributed by atoms with van der Waals surface area (Å²) in [6, 6.07) is 20.2. The van der Waals surface area contributed by atoms with Crippen molar-refractivity contribution < 1.29 is 9.47 Å². The van der Waals surface area contributed by atoms with Gasteiger partial charge in [-0.15, -0.1) is 0 Å². The van der Waals surface area contributed by atoms with Crippen LogP contribution < -0.4 is 9.47 Å². The van der Waals surface area contributed by atoms with Crippen LogP contribution in [-0.2, 0) is 6.54 Å². The van der Waals surface area contributed by atoms with Crippen molar-refractivity contribution in [3.8, 4) is 22.6 Å². The third-order valence-electron chi connectivity index (χ3n) is 6.07. The first-order valence-electron chi connectivity index (χ1n) is 10.8. The Morgan fingerprint density at radius 2 is 1.60 bits per heavy atom. The molecule has 0 aliphatic carbocycles. The molecule has 2 aliphatic heterocycles. The lowest BCUT2D eigenvalue weighted by Gasteiger charge is -2.26. The smallest absolute Gasteiger partial charge is 0.161 e. The van der Waals surface area contributed by atoms with Crippen LogP contribution in [0, 0.1) is 13.8 Å². The van der Waals surface area contributed by atoms with Crippen LogP contribution in [0.4, 0.5) is 0 Å². The Labute approximate surface area is 178 Å². The average molecular weight is 401 g/mol. The number of aromatic nitrogens is 1. The number of fused-ring (bicyclic) bond motifs is 1. The van der Waals surface area contributed by atoms with Gasteiger partial charge >= 0.3 is 0 Å². The molecule has 1 aromatic heterocycles. The Bertz CT molecular complexity index is 1030. The zero-order valence-electron chi connectivity index (χ0n) is 17.7. The second-order valence-corrected chi connectivity index (χ2v) is 8.37. The molecule has 30 heavy (non-hydrogen) atoms. The first-order chi connectivity index (χ1) is 14.7. The van der Waals surface area contributed by atoms with Crippen molar-refractivity contribution in [1.82, 2.24) is 9.88 Å². The molecule has 0 spiro atoms. The zero-order chi connectivity index (χ0) is 20.5. The highest BCUT2D eigenvalue weighted by Gasteiger charge is 2.27. The minimum Gasteiger partial charge on any atom is -0.486 e. The van der Waals surface area contributed by atoms with Gasteiger partial charge in [-0.1, -0.05) is 30.3 Å². The number of hydrogen-bond acceptors (Lipinski definition) is 4. The summed E-state index contributed by atoms with van der Waals surface area (Å²) in [7, 11) is 0. The minimum absolute atomic E-state index is 0.436. The van der Waals surface area contributed by atoms with E-state index in [1.54, 1.807) is 0 Å². The van der Waals surface area contributed by atoms with Gasteiger partial charge < -0.3 is 9.47 Å². The van der Waals surface area contributed by atoms with Crippen molar-refractivity contribution in [2.24, 2.45) is 0 Å². The molecule has 5 rings (SSSR count). The van der Waals surface area contributed by atoms with Crippen LogP contribution in [-0.4, -0.2) is 29.6 Å². The summed E-state index contributed by atoms with van der Waals surface area (Å²) >= 11 is 0. The third-order valence-corrected chi connectivity index (χ3v) is 6.07. The first-order valence-corrected chi connectivity index (χ1v) is 10.8. The molecule has 2 aliphatic rings. The molecular formula is C26H28N2O2. The number of likely N-dealkylation sites (tertiary alicyclic amines) is 1. The number of pyridine rings is 1. The van der Waals surface area contributed by atoms with Crippen LogP contribution in [0.5, 0.6) is 11.5 Å². The minimum atomic E-state index is 0.436. The predicted octanol–water partition coefficient (Wildman–Crippen LogP) is 5.47. The van der Waals surface area contributed by atoms with Crippen molar-refractivity contribution in [3.63, 3.8) is 0 Å². The fourth-order valence-corrected chi connectivity index (χ4v) is 4.70. The van der Waals surface area contributed by atoms with Crippen molar-refractivity contribution in [2.45, 2.75) is 39.3 Å². The summed E-state index contributed by atoms with van der Waals surface area (Å²) < 4.78 is 11.5. The molecule has 0 saturated carbocycles. The van der Waals surface area contributed by atoms with Crippen molar-refractivity contribution in [1.29, 1.82) is 0 Å². The van der Waals surface area contributed by atoms with Crippen molar-refractivity contribution >= 4 is 0 Å². The summed E-state index contributed by atoms with van der Waals surface area (Å²) in [5, 5.41) is 0. The summed E-state index contributed by atoms with van der Waals surface area (Å²) in [5.41, 5.74) is 7.29. The molecule has 0 amide bonds. The molecule has 4 nitrogen and oxygen atoms in total. The van der Waals surface area contributed by atoms with E-state index < -0.39 is 0 Å². The normalized spacial score (nSPS) is 18.5. The van der Waals surface area contributed by atoms with E-state index in [0.29, 0.717) is 19.3 Å². The van der Waals surface area contributed by atoms with Gasteiger partial charge in [-0.05, 0) is 79.8 Å². The van der Waals surface area contributed by atoms with E-state index in [9.17, 15) is 0 Å². The molecule has 1 atom stereocenters. The van der Waals surface area contributed by atoms with Crippen LogP contribution >= 0.6 is 0 Å². The highest BCUT2D eigenvalue weighted by Crippen LogP contribution is 2.38. The molecule has 0 N–H and O–H groups in total. The Hall–Kier alpha value is -2.85. The Balaban J connectivity index is 1.32. The number of aryl methyl sites for hydroxylation is 2. The lowest BCUT2D eigenvalue weighted by atomic mass is 10.0. The Kier molecular flexibility index (Phi) is 5.17. The number of nitrogens with zero attached hydrogens (tertiary/aromatic N) is 2. The predicted molar refractivity (Wildman–Crippen MR) is 119 cm³/mol. The molecule has 2 aromatic carbocycles. The zero-order valence-corrected chi connectivity index (χ0v) is 17.7. The molecular weight excluding hydrogens is 372 g/mol. The Morgan fingerprint density at radius 3 is 2.37 bits per heavy atom. The van der Waals surface area contributed by atoms with Crippen LogP contribution in [0.15, 0.2) is 54.6 Å². The molecule has 0 unspecified atom stereocenters. The largest absolute Gasteiger partial charge is 0.486 e. The van der Waals surface area contributed by atoms with Crippen LogP contribution in [0.1, 0.15) is 41.4 Å². The summed E-state index contributed by atoms with van der Waals surface area (Å²) in [4.78, 5) is 7.07. The van der Waals surface area contributed by atoms with E-state index in [0.717, 1.165) is 36.0 Å². The van der Waals surface area contributed by atoms with Crippen LogP contribution in [0.25, 0.3) is 11.1 Å². The van der Waals surface area contributed by atoms with Gasteiger partial charge in [-0.25, -0.2) is 0 Å². The highest BCUT2D eigenvalue weighted by atomic mass is 16.6. The lowest BCUT2D eigenvalue weighted by molar-refractivity contribution is 0.170. The maximum Gasteiger partial charge on any atom is 0.161 e. The second-order valence-electron chi connectivity index (χ2n) is 8.37. The molecule has 1 fully saturated rings. The van der Waals surface area contributed by atoms with Gasteiger partial charge in [0.05, 0.1) is 0 Å². The van der Waals surface area contributed by atoms with Gasteiger partial charge in [0.2, 0.25) is 0 Å². The second kappa shape index (κ2) is 8.11. The fraction of sp³-hybridized carbons (Fsp3) is 0.346. The molecule has 154 valence electrons. The van der Waals surface area contributed by atoms with E-state index in [2.05, 4.69) is 78.3 Å². The molecule has 0 radical (unpaired) electrons. The van der Waals surface area contributed by atoms with Gasteiger partial charge in [-0.3, -0.25) is 9.88 Å². The number of hydrogen-bond donors (Lipinski definition) is 0. The maximum atomic E-state index is 5.80. The average Bonchev–Trinajstić information content (AvgIpc) is 3.21. The molecule has 3 aromatic rings. The summed E-state index contributed by atoms with van der Waals surface area (Å²) in [6.45, 7) is 7.47. The van der Waals surface area contributed by atoms with Gasteiger partial charge in [-0.2, -0.15) is 0 Å². The van der Waals surface area contributed by atoms with E-state index in [1.807, 2.05) is 0 Å².